The average Bonchev–Trinajstić information content (AvgIpc) is 3.15. The standard InChI is InChI=1S/C21H19F4N3/c22-14-6-7-15(20(25)9-14)16-10-26-27-21(16)13-3-2-8-28(11-13)12-17-18(23)4-1-5-19(17)24/h1,4-7,9-10,13H,2-3,8,11-12H2,(H,26,27)/t13-/m0/s1. The van der Waals surface area contributed by atoms with Crippen LogP contribution in [0.25, 0.3) is 11.1 Å². The van der Waals surface area contributed by atoms with Crippen molar-refractivity contribution in [3.8, 4) is 11.1 Å². The van der Waals surface area contributed by atoms with Crippen molar-refractivity contribution in [3.63, 3.8) is 0 Å². The molecule has 3 nitrogen and oxygen atoms in total. The summed E-state index contributed by atoms with van der Waals surface area (Å²) in [6, 6.07) is 7.31. The van der Waals surface area contributed by atoms with Gasteiger partial charge in [-0.25, -0.2) is 17.6 Å². The fraction of sp³-hybridized carbons (Fsp3) is 0.286. The number of H-pyrrole nitrogens is 1. The molecular formula is C21H19F4N3. The summed E-state index contributed by atoms with van der Waals surface area (Å²) < 4.78 is 55.4. The number of hydrogen-bond acceptors (Lipinski definition) is 2. The van der Waals surface area contributed by atoms with Gasteiger partial charge in [-0.05, 0) is 43.7 Å². The Bertz CT molecular complexity index is 965. The molecule has 1 atom stereocenters. The highest BCUT2D eigenvalue weighted by atomic mass is 19.1. The fourth-order valence-electron chi connectivity index (χ4n) is 3.87. The van der Waals surface area contributed by atoms with Crippen molar-refractivity contribution in [2.24, 2.45) is 0 Å². The SMILES string of the molecule is Fc1ccc(-c2cn[nH]c2[C@H]2CCCN(Cc3c(F)cccc3F)C2)c(F)c1. The number of hydrogen-bond donors (Lipinski definition) is 1. The van der Waals surface area contributed by atoms with Crippen molar-refractivity contribution < 1.29 is 17.6 Å². The van der Waals surface area contributed by atoms with Crippen molar-refractivity contribution in [2.45, 2.75) is 25.3 Å². The molecule has 0 aliphatic carbocycles. The highest BCUT2D eigenvalue weighted by molar-refractivity contribution is 5.66. The van der Waals surface area contributed by atoms with E-state index < -0.39 is 23.3 Å². The van der Waals surface area contributed by atoms with E-state index in [4.69, 9.17) is 0 Å². The summed E-state index contributed by atoms with van der Waals surface area (Å²) in [4.78, 5) is 1.99. The highest BCUT2D eigenvalue weighted by Gasteiger charge is 2.27. The van der Waals surface area contributed by atoms with E-state index in [2.05, 4.69) is 10.2 Å². The first kappa shape index (κ1) is 18.7. The van der Waals surface area contributed by atoms with E-state index in [1.54, 1.807) is 0 Å². The van der Waals surface area contributed by atoms with Crippen molar-refractivity contribution in [1.82, 2.24) is 15.1 Å². The lowest BCUT2D eigenvalue weighted by Gasteiger charge is -2.32. The molecule has 28 heavy (non-hydrogen) atoms. The average molecular weight is 389 g/mol. The van der Waals surface area contributed by atoms with Crippen molar-refractivity contribution in [3.05, 3.63) is 77.1 Å². The monoisotopic (exact) mass is 389 g/mol. The zero-order chi connectivity index (χ0) is 19.7. The Morgan fingerprint density at radius 1 is 1.00 bits per heavy atom. The number of aromatic amines is 1. The minimum absolute atomic E-state index is 0.00513. The fourth-order valence-corrected chi connectivity index (χ4v) is 3.87. The molecule has 0 amide bonds. The lowest BCUT2D eigenvalue weighted by molar-refractivity contribution is 0.194. The van der Waals surface area contributed by atoms with E-state index in [-0.39, 0.29) is 23.6 Å². The third-order valence-electron chi connectivity index (χ3n) is 5.25. The molecule has 1 aromatic heterocycles. The van der Waals surface area contributed by atoms with Crippen LogP contribution in [-0.4, -0.2) is 28.2 Å². The summed E-state index contributed by atoms with van der Waals surface area (Å²) in [5.74, 6) is -2.40. The van der Waals surface area contributed by atoms with Gasteiger partial charge < -0.3 is 0 Å². The highest BCUT2D eigenvalue weighted by Crippen LogP contribution is 2.34. The van der Waals surface area contributed by atoms with Gasteiger partial charge >= 0.3 is 0 Å². The van der Waals surface area contributed by atoms with E-state index >= 15 is 0 Å². The van der Waals surface area contributed by atoms with Crippen LogP contribution in [0.15, 0.2) is 42.6 Å². The molecule has 0 unspecified atom stereocenters. The first-order valence-electron chi connectivity index (χ1n) is 9.17. The summed E-state index contributed by atoms with van der Waals surface area (Å²) in [7, 11) is 0. The number of halogens is 4. The lowest BCUT2D eigenvalue weighted by Crippen LogP contribution is -2.34. The van der Waals surface area contributed by atoms with Gasteiger partial charge in [0.15, 0.2) is 0 Å². The Morgan fingerprint density at radius 2 is 1.79 bits per heavy atom. The van der Waals surface area contributed by atoms with Crippen molar-refractivity contribution >= 4 is 0 Å². The van der Waals surface area contributed by atoms with Crippen LogP contribution >= 0.6 is 0 Å². The molecule has 1 N–H and O–H groups in total. The minimum Gasteiger partial charge on any atom is -0.298 e. The summed E-state index contributed by atoms with van der Waals surface area (Å²) >= 11 is 0. The van der Waals surface area contributed by atoms with Gasteiger partial charge in [-0.1, -0.05) is 6.07 Å². The number of nitrogens with zero attached hydrogens (tertiary/aromatic N) is 2. The molecule has 1 aliphatic rings. The molecule has 0 radical (unpaired) electrons. The predicted molar refractivity (Wildman–Crippen MR) is 97.5 cm³/mol. The van der Waals surface area contributed by atoms with E-state index in [0.29, 0.717) is 12.1 Å². The number of nitrogens with one attached hydrogen (secondary N) is 1. The van der Waals surface area contributed by atoms with Crippen LogP contribution in [0.4, 0.5) is 17.6 Å². The van der Waals surface area contributed by atoms with Crippen molar-refractivity contribution in [2.75, 3.05) is 13.1 Å². The van der Waals surface area contributed by atoms with Gasteiger partial charge in [-0.2, -0.15) is 5.10 Å². The third-order valence-corrected chi connectivity index (χ3v) is 5.25. The van der Waals surface area contributed by atoms with E-state index in [1.807, 2.05) is 4.90 Å². The maximum atomic E-state index is 14.2. The van der Waals surface area contributed by atoms with Gasteiger partial charge in [-0.15, -0.1) is 0 Å². The molecule has 2 aromatic carbocycles. The topological polar surface area (TPSA) is 31.9 Å². The van der Waals surface area contributed by atoms with Gasteiger partial charge in [-0.3, -0.25) is 10.00 Å². The second-order valence-electron chi connectivity index (χ2n) is 7.10. The summed E-state index contributed by atoms with van der Waals surface area (Å²) in [6.45, 7) is 1.45. The maximum absolute atomic E-state index is 14.2. The van der Waals surface area contributed by atoms with Gasteiger partial charge in [0.1, 0.15) is 23.3 Å². The number of likely N-dealkylation sites (tertiary alicyclic amines) is 1. The quantitative estimate of drug-likeness (QED) is 0.636. The number of rotatable bonds is 4. The van der Waals surface area contributed by atoms with Crippen LogP contribution in [0.2, 0.25) is 0 Å². The molecule has 1 fully saturated rings. The maximum Gasteiger partial charge on any atom is 0.134 e. The van der Waals surface area contributed by atoms with E-state index in [9.17, 15) is 17.6 Å². The van der Waals surface area contributed by atoms with E-state index in [1.165, 1.54) is 36.5 Å². The molecule has 146 valence electrons. The first-order chi connectivity index (χ1) is 13.5. The Labute approximate surface area is 160 Å². The second kappa shape index (κ2) is 7.75. The third kappa shape index (κ3) is 3.67. The lowest BCUT2D eigenvalue weighted by atomic mass is 9.90. The largest absolute Gasteiger partial charge is 0.298 e. The number of piperidine rings is 1. The molecule has 0 spiro atoms. The Morgan fingerprint density at radius 3 is 2.54 bits per heavy atom. The molecule has 1 aliphatic heterocycles. The number of benzene rings is 2. The summed E-state index contributed by atoms with van der Waals surface area (Å²) in [6.07, 6.45) is 3.21. The molecule has 4 rings (SSSR count). The molecule has 0 bridgehead atoms. The van der Waals surface area contributed by atoms with Gasteiger partial charge in [0.2, 0.25) is 0 Å². The molecular weight excluding hydrogens is 370 g/mol. The molecule has 2 heterocycles. The molecule has 1 saturated heterocycles. The van der Waals surface area contributed by atoms with Gasteiger partial charge in [0.25, 0.3) is 0 Å². The Balaban J connectivity index is 1.57. The molecule has 0 saturated carbocycles. The van der Waals surface area contributed by atoms with Crippen LogP contribution < -0.4 is 0 Å². The Hall–Kier alpha value is -2.67. The predicted octanol–water partition coefficient (Wildman–Crippen LogP) is 5.01. The zero-order valence-corrected chi connectivity index (χ0v) is 15.1. The van der Waals surface area contributed by atoms with Crippen LogP contribution in [-0.2, 0) is 6.54 Å². The van der Waals surface area contributed by atoms with Crippen LogP contribution in [0.5, 0.6) is 0 Å². The van der Waals surface area contributed by atoms with E-state index in [0.717, 1.165) is 31.1 Å². The van der Waals surface area contributed by atoms with Gasteiger partial charge in [0.05, 0.1) is 6.20 Å². The van der Waals surface area contributed by atoms with Crippen molar-refractivity contribution in [1.29, 1.82) is 0 Å². The summed E-state index contributed by atoms with van der Waals surface area (Å²) in [5.41, 5.74) is 1.67. The number of aromatic nitrogens is 2. The first-order valence-corrected chi connectivity index (χ1v) is 9.17. The summed E-state index contributed by atoms with van der Waals surface area (Å²) in [5, 5.41) is 6.99. The molecule has 7 heteroatoms. The van der Waals surface area contributed by atoms with Crippen LogP contribution in [0.1, 0.15) is 30.0 Å². The normalized spacial score (nSPS) is 17.8. The van der Waals surface area contributed by atoms with Crippen LogP contribution in [0.3, 0.4) is 0 Å². The van der Waals surface area contributed by atoms with Gasteiger partial charge in [0, 0.05) is 47.5 Å². The zero-order valence-electron chi connectivity index (χ0n) is 15.1. The minimum atomic E-state index is -0.649. The smallest absolute Gasteiger partial charge is 0.134 e. The van der Waals surface area contributed by atoms with Crippen LogP contribution in [0, 0.1) is 23.3 Å². The Kier molecular flexibility index (Phi) is 5.17. The second-order valence-corrected chi connectivity index (χ2v) is 7.10. The molecule has 3 aromatic rings.